The predicted octanol–water partition coefficient (Wildman–Crippen LogP) is 9.65. The van der Waals surface area contributed by atoms with Gasteiger partial charge in [-0.05, 0) is 110 Å². The quantitative estimate of drug-likeness (QED) is 0.174. The molecular weight excluding hydrogens is 599 g/mol. The fourth-order valence-corrected chi connectivity index (χ4v) is 7.34. The van der Waals surface area contributed by atoms with Crippen LogP contribution in [0.25, 0.3) is 0 Å². The Kier molecular flexibility index (Phi) is 7.34. The second kappa shape index (κ2) is 10.8. The molecule has 0 spiro atoms. The molecule has 0 amide bonds. The van der Waals surface area contributed by atoms with E-state index in [0.29, 0.717) is 5.88 Å². The highest BCUT2D eigenvalue weighted by Crippen LogP contribution is 2.46. The van der Waals surface area contributed by atoms with Crippen LogP contribution in [0.5, 0.6) is 0 Å². The van der Waals surface area contributed by atoms with Crippen molar-refractivity contribution >= 4 is 57.6 Å². The Morgan fingerprint density at radius 2 is 1.06 bits per heavy atom. The maximum Gasteiger partial charge on any atom is 0.282 e. The molecule has 4 aromatic carbocycles. The van der Waals surface area contributed by atoms with Crippen LogP contribution in [-0.4, -0.2) is 17.1 Å². The summed E-state index contributed by atoms with van der Waals surface area (Å²) in [6, 6.07) is 27.8. The standard InChI is InChI=1S/C43H51BN4O/c1-26-20-35-37-36(21-26)48(32-23-29(42(8,9)10)22-30(24-32)43(11,12)13)39-38(45-46-49-39)44(37)33-25-28(41(5,6)7)16-19-34(33)47(35)31-17-14-27(15-18-31)40(2,3)4/h14-25H,1-13H3. The van der Waals surface area contributed by atoms with Gasteiger partial charge in [0.1, 0.15) is 5.59 Å². The van der Waals surface area contributed by atoms with Crippen LogP contribution in [0.4, 0.5) is 34.3 Å². The number of hydrogen-bond acceptors (Lipinski definition) is 5. The van der Waals surface area contributed by atoms with Crippen molar-refractivity contribution in [3.8, 4) is 0 Å². The Balaban J connectivity index is 1.55. The van der Waals surface area contributed by atoms with Crippen LogP contribution in [0.2, 0.25) is 0 Å². The maximum absolute atomic E-state index is 6.19. The van der Waals surface area contributed by atoms with Crippen molar-refractivity contribution in [2.24, 2.45) is 0 Å². The summed E-state index contributed by atoms with van der Waals surface area (Å²) in [6.45, 7) is 29.4. The average Bonchev–Trinajstić information content (AvgIpc) is 3.48. The summed E-state index contributed by atoms with van der Waals surface area (Å²) < 4.78 is 6.19. The number of aromatic nitrogens is 2. The Bertz CT molecular complexity index is 2050. The highest BCUT2D eigenvalue weighted by atomic mass is 16.5. The zero-order valence-electron chi connectivity index (χ0n) is 31.7. The monoisotopic (exact) mass is 650 g/mol. The van der Waals surface area contributed by atoms with E-state index >= 15 is 0 Å². The molecule has 3 heterocycles. The van der Waals surface area contributed by atoms with E-state index in [1.54, 1.807) is 0 Å². The van der Waals surface area contributed by atoms with Gasteiger partial charge in [0.2, 0.25) is 0 Å². The molecule has 2 aliphatic heterocycles. The molecule has 0 saturated carbocycles. The van der Waals surface area contributed by atoms with Crippen molar-refractivity contribution in [3.05, 3.63) is 101 Å². The normalized spacial score (nSPS) is 14.5. The molecule has 0 saturated heterocycles. The molecule has 7 rings (SSSR count). The molecule has 252 valence electrons. The maximum atomic E-state index is 6.19. The summed E-state index contributed by atoms with van der Waals surface area (Å²) in [4.78, 5) is 4.74. The zero-order chi connectivity index (χ0) is 35.4. The van der Waals surface area contributed by atoms with Gasteiger partial charge in [-0.3, -0.25) is 4.90 Å². The molecule has 0 unspecified atom stereocenters. The van der Waals surface area contributed by atoms with E-state index in [1.165, 1.54) is 44.4 Å². The first-order chi connectivity index (χ1) is 22.7. The van der Waals surface area contributed by atoms with Crippen molar-refractivity contribution < 1.29 is 4.52 Å². The van der Waals surface area contributed by atoms with Crippen LogP contribution >= 0.6 is 0 Å². The van der Waals surface area contributed by atoms with E-state index in [0.717, 1.165) is 28.3 Å². The lowest BCUT2D eigenvalue weighted by molar-refractivity contribution is 0.400. The molecule has 1 aromatic heterocycles. The van der Waals surface area contributed by atoms with E-state index in [4.69, 9.17) is 9.62 Å². The van der Waals surface area contributed by atoms with E-state index < -0.39 is 0 Å². The Labute approximate surface area is 293 Å². The lowest BCUT2D eigenvalue weighted by atomic mass is 9.35. The molecule has 0 aliphatic carbocycles. The first kappa shape index (κ1) is 33.2. The summed E-state index contributed by atoms with van der Waals surface area (Å²) in [7, 11) is 0. The Morgan fingerprint density at radius 1 is 0.531 bits per heavy atom. The van der Waals surface area contributed by atoms with Gasteiger partial charge in [-0.1, -0.05) is 113 Å². The SMILES string of the molecule is Cc1cc2c3c(c1)N(c1cc(C(C)(C)C)cc(C(C)(C)C)c1)c1onnc1B3c1cc(C(C)(C)C)ccc1N2c1ccc(C(C)(C)C)cc1. The van der Waals surface area contributed by atoms with Crippen LogP contribution in [0.15, 0.2) is 77.3 Å². The first-order valence-corrected chi connectivity index (χ1v) is 17.7. The summed E-state index contributed by atoms with van der Waals surface area (Å²) >= 11 is 0. The molecule has 49 heavy (non-hydrogen) atoms. The molecule has 6 heteroatoms. The molecule has 0 atom stereocenters. The number of benzene rings is 4. The average molecular weight is 651 g/mol. The number of fused-ring (bicyclic) bond motifs is 4. The first-order valence-electron chi connectivity index (χ1n) is 17.7. The minimum atomic E-state index is -0.126. The van der Waals surface area contributed by atoms with Crippen molar-refractivity contribution in [3.63, 3.8) is 0 Å². The summed E-state index contributed by atoms with van der Waals surface area (Å²) in [6.07, 6.45) is 0. The molecule has 2 aliphatic rings. The molecule has 5 aromatic rings. The van der Waals surface area contributed by atoms with Crippen LogP contribution in [-0.2, 0) is 21.7 Å². The third kappa shape index (κ3) is 5.58. The highest BCUT2D eigenvalue weighted by Gasteiger charge is 2.47. The van der Waals surface area contributed by atoms with Crippen molar-refractivity contribution in [1.82, 2.24) is 10.4 Å². The molecular formula is C43H51BN4O. The lowest BCUT2D eigenvalue weighted by Crippen LogP contribution is -2.62. The predicted molar refractivity (Wildman–Crippen MR) is 208 cm³/mol. The lowest BCUT2D eigenvalue weighted by Gasteiger charge is -2.42. The molecule has 5 nitrogen and oxygen atoms in total. The number of hydrogen-bond donors (Lipinski definition) is 0. The molecule has 0 fully saturated rings. The summed E-state index contributed by atoms with van der Waals surface area (Å²) in [5.74, 6) is 0.690. The third-order valence-electron chi connectivity index (χ3n) is 10.4. The minimum Gasteiger partial charge on any atom is -0.319 e. The zero-order valence-corrected chi connectivity index (χ0v) is 31.7. The topological polar surface area (TPSA) is 45.4 Å². The number of anilines is 6. The second-order valence-electron chi connectivity index (χ2n) is 18.4. The Morgan fingerprint density at radius 3 is 1.61 bits per heavy atom. The smallest absolute Gasteiger partial charge is 0.282 e. The minimum absolute atomic E-state index is 0.0209. The fourth-order valence-electron chi connectivity index (χ4n) is 7.34. The van der Waals surface area contributed by atoms with Crippen LogP contribution in [0.3, 0.4) is 0 Å². The van der Waals surface area contributed by atoms with Gasteiger partial charge in [-0.25, -0.2) is 0 Å². The number of nitrogens with zero attached hydrogens (tertiary/aromatic N) is 4. The van der Waals surface area contributed by atoms with Crippen molar-refractivity contribution in [2.75, 3.05) is 9.80 Å². The van der Waals surface area contributed by atoms with Gasteiger partial charge < -0.3 is 9.42 Å². The van der Waals surface area contributed by atoms with E-state index in [2.05, 4.69) is 178 Å². The largest absolute Gasteiger partial charge is 0.319 e. The number of aryl methyl sites for hydroxylation is 1. The van der Waals surface area contributed by atoms with Gasteiger partial charge in [0.05, 0.1) is 0 Å². The molecule has 0 radical (unpaired) electrons. The van der Waals surface area contributed by atoms with Crippen LogP contribution in [0, 0.1) is 6.92 Å². The van der Waals surface area contributed by atoms with Crippen molar-refractivity contribution in [2.45, 2.75) is 112 Å². The third-order valence-corrected chi connectivity index (χ3v) is 10.4. The highest BCUT2D eigenvalue weighted by molar-refractivity contribution is 6.99. The van der Waals surface area contributed by atoms with Gasteiger partial charge in [0.25, 0.3) is 12.6 Å². The summed E-state index contributed by atoms with van der Waals surface area (Å²) in [5.41, 5.74) is 15.3. The van der Waals surface area contributed by atoms with E-state index in [9.17, 15) is 0 Å². The van der Waals surface area contributed by atoms with Crippen LogP contribution < -0.4 is 26.3 Å². The van der Waals surface area contributed by atoms with Crippen LogP contribution in [0.1, 0.15) is 111 Å². The van der Waals surface area contributed by atoms with Gasteiger partial charge in [0, 0.05) is 33.7 Å². The fraction of sp³-hybridized carbons (Fsp3) is 0.395. The van der Waals surface area contributed by atoms with Gasteiger partial charge in [-0.2, -0.15) is 0 Å². The second-order valence-corrected chi connectivity index (χ2v) is 18.4. The van der Waals surface area contributed by atoms with E-state index in [1.807, 2.05) is 0 Å². The van der Waals surface area contributed by atoms with Gasteiger partial charge in [0.15, 0.2) is 0 Å². The molecule has 0 bridgehead atoms. The van der Waals surface area contributed by atoms with Crippen molar-refractivity contribution in [1.29, 1.82) is 0 Å². The molecule has 0 N–H and O–H groups in total. The van der Waals surface area contributed by atoms with Gasteiger partial charge in [-0.15, -0.1) is 5.10 Å². The summed E-state index contributed by atoms with van der Waals surface area (Å²) in [5, 5.41) is 9.03. The van der Waals surface area contributed by atoms with E-state index in [-0.39, 0.29) is 28.4 Å². The van der Waals surface area contributed by atoms with Gasteiger partial charge >= 0.3 is 0 Å². The Hall–Kier alpha value is -4.32. The number of rotatable bonds is 2.